The van der Waals surface area contributed by atoms with Gasteiger partial charge in [0, 0.05) is 24.2 Å². The van der Waals surface area contributed by atoms with E-state index in [1.54, 1.807) is 24.5 Å². The van der Waals surface area contributed by atoms with E-state index in [0.29, 0.717) is 22.6 Å². The van der Waals surface area contributed by atoms with Crippen molar-refractivity contribution in [2.75, 3.05) is 5.73 Å². The molecule has 0 aromatic carbocycles. The van der Waals surface area contributed by atoms with E-state index in [-0.39, 0.29) is 0 Å². The Balaban J connectivity index is 2.05. The lowest BCUT2D eigenvalue weighted by molar-refractivity contribution is 0.954. The molecule has 6 heteroatoms. The number of anilines is 1. The Hall–Kier alpha value is -1.69. The van der Waals surface area contributed by atoms with E-state index in [1.807, 2.05) is 6.92 Å². The van der Waals surface area contributed by atoms with Gasteiger partial charge in [-0.2, -0.15) is 0 Å². The second-order valence-corrected chi connectivity index (χ2v) is 4.11. The summed E-state index contributed by atoms with van der Waals surface area (Å²) in [4.78, 5) is 16.6. The largest absolute Gasteiger partial charge is 0.384 e. The van der Waals surface area contributed by atoms with E-state index in [4.69, 9.17) is 5.73 Å². The number of rotatable bonds is 3. The highest BCUT2D eigenvalue weighted by molar-refractivity contribution is 7.98. The third-order valence-electron chi connectivity index (χ3n) is 1.79. The Kier molecular flexibility index (Phi) is 3.31. The molecule has 82 valence electrons. The van der Waals surface area contributed by atoms with Crippen molar-refractivity contribution in [2.24, 2.45) is 0 Å². The minimum atomic E-state index is 0.497. The summed E-state index contributed by atoms with van der Waals surface area (Å²) in [6.07, 6.45) is 3.42. The third-order valence-corrected chi connectivity index (χ3v) is 2.66. The molecule has 0 spiro atoms. The standard InChI is InChI=1S/C10H11N5S/c1-7-5-8(11)15-9(14-7)6-16-10-12-3-2-4-13-10/h2-5H,6H2,1H3,(H2,11,14,15). The topological polar surface area (TPSA) is 77.6 Å². The first-order valence-electron chi connectivity index (χ1n) is 4.74. The van der Waals surface area contributed by atoms with Crippen molar-refractivity contribution < 1.29 is 0 Å². The predicted octanol–water partition coefficient (Wildman–Crippen LogP) is 1.45. The zero-order valence-electron chi connectivity index (χ0n) is 8.79. The Morgan fingerprint density at radius 1 is 1.25 bits per heavy atom. The van der Waals surface area contributed by atoms with Crippen LogP contribution in [0.3, 0.4) is 0 Å². The summed E-state index contributed by atoms with van der Waals surface area (Å²) in [5.41, 5.74) is 6.51. The molecule has 0 saturated heterocycles. The summed E-state index contributed by atoms with van der Waals surface area (Å²) in [6, 6.07) is 3.53. The fourth-order valence-electron chi connectivity index (χ4n) is 1.21. The van der Waals surface area contributed by atoms with Gasteiger partial charge in [0.25, 0.3) is 0 Å². The van der Waals surface area contributed by atoms with E-state index < -0.39 is 0 Å². The van der Waals surface area contributed by atoms with Crippen LogP contribution < -0.4 is 5.73 Å². The normalized spacial score (nSPS) is 10.3. The lowest BCUT2D eigenvalue weighted by Crippen LogP contribution is -2.00. The number of nitrogens with two attached hydrogens (primary N) is 1. The summed E-state index contributed by atoms with van der Waals surface area (Å²) in [5.74, 6) is 1.82. The molecule has 0 radical (unpaired) electrons. The van der Waals surface area contributed by atoms with Crippen LogP contribution in [0.15, 0.2) is 29.7 Å². The Morgan fingerprint density at radius 2 is 2.00 bits per heavy atom. The molecule has 2 rings (SSSR count). The van der Waals surface area contributed by atoms with Gasteiger partial charge < -0.3 is 5.73 Å². The molecule has 0 aliphatic rings. The molecule has 5 nitrogen and oxygen atoms in total. The maximum Gasteiger partial charge on any atom is 0.187 e. The second-order valence-electron chi connectivity index (χ2n) is 3.17. The highest BCUT2D eigenvalue weighted by Crippen LogP contribution is 2.16. The lowest BCUT2D eigenvalue weighted by atomic mass is 10.4. The molecule has 2 aromatic heterocycles. The molecule has 2 aromatic rings. The average Bonchev–Trinajstić information content (AvgIpc) is 2.27. The highest BCUT2D eigenvalue weighted by Gasteiger charge is 2.02. The number of aryl methyl sites for hydroxylation is 1. The molecule has 2 N–H and O–H groups in total. The number of hydrogen-bond donors (Lipinski definition) is 1. The van der Waals surface area contributed by atoms with Gasteiger partial charge in [0.1, 0.15) is 11.6 Å². The molecular weight excluding hydrogens is 222 g/mol. The molecule has 0 unspecified atom stereocenters. The Morgan fingerprint density at radius 3 is 2.69 bits per heavy atom. The van der Waals surface area contributed by atoms with Crippen molar-refractivity contribution in [1.82, 2.24) is 19.9 Å². The van der Waals surface area contributed by atoms with Crippen molar-refractivity contribution in [3.05, 3.63) is 36.0 Å². The van der Waals surface area contributed by atoms with E-state index in [1.165, 1.54) is 11.8 Å². The number of thioether (sulfide) groups is 1. The van der Waals surface area contributed by atoms with Crippen molar-refractivity contribution in [3.8, 4) is 0 Å². The van der Waals surface area contributed by atoms with Crippen LogP contribution in [0.4, 0.5) is 5.82 Å². The summed E-state index contributed by atoms with van der Waals surface area (Å²) in [6.45, 7) is 1.89. The summed E-state index contributed by atoms with van der Waals surface area (Å²) in [7, 11) is 0. The summed E-state index contributed by atoms with van der Waals surface area (Å²) < 4.78 is 0. The Bertz CT molecular complexity index is 454. The van der Waals surface area contributed by atoms with Gasteiger partial charge in [-0.1, -0.05) is 11.8 Å². The molecule has 0 aliphatic carbocycles. The minimum Gasteiger partial charge on any atom is -0.384 e. The number of nitrogen functional groups attached to an aromatic ring is 1. The van der Waals surface area contributed by atoms with Crippen molar-refractivity contribution in [1.29, 1.82) is 0 Å². The number of nitrogens with zero attached hydrogens (tertiary/aromatic N) is 4. The molecule has 2 heterocycles. The van der Waals surface area contributed by atoms with Crippen LogP contribution in [0.1, 0.15) is 11.5 Å². The van der Waals surface area contributed by atoms with E-state index in [9.17, 15) is 0 Å². The third kappa shape index (κ3) is 2.90. The number of aromatic nitrogens is 4. The zero-order chi connectivity index (χ0) is 11.4. The molecule has 0 aliphatic heterocycles. The lowest BCUT2D eigenvalue weighted by Gasteiger charge is -2.01. The van der Waals surface area contributed by atoms with Crippen LogP contribution in [0.25, 0.3) is 0 Å². The van der Waals surface area contributed by atoms with Gasteiger partial charge in [0.2, 0.25) is 0 Å². The van der Waals surface area contributed by atoms with Crippen LogP contribution in [0.5, 0.6) is 0 Å². The number of hydrogen-bond acceptors (Lipinski definition) is 6. The van der Waals surface area contributed by atoms with Crippen LogP contribution in [0, 0.1) is 6.92 Å². The first-order valence-corrected chi connectivity index (χ1v) is 5.72. The van der Waals surface area contributed by atoms with Crippen LogP contribution in [-0.4, -0.2) is 19.9 Å². The highest BCUT2D eigenvalue weighted by atomic mass is 32.2. The van der Waals surface area contributed by atoms with Crippen molar-refractivity contribution >= 4 is 17.6 Å². The Labute approximate surface area is 97.6 Å². The van der Waals surface area contributed by atoms with E-state index in [0.717, 1.165) is 5.69 Å². The van der Waals surface area contributed by atoms with Crippen LogP contribution >= 0.6 is 11.8 Å². The van der Waals surface area contributed by atoms with Crippen LogP contribution in [-0.2, 0) is 5.75 Å². The molecular formula is C10H11N5S. The molecule has 0 fully saturated rings. The van der Waals surface area contributed by atoms with Gasteiger partial charge >= 0.3 is 0 Å². The van der Waals surface area contributed by atoms with E-state index >= 15 is 0 Å². The average molecular weight is 233 g/mol. The minimum absolute atomic E-state index is 0.497. The predicted molar refractivity (Wildman–Crippen MR) is 62.8 cm³/mol. The first-order chi connectivity index (χ1) is 7.74. The second kappa shape index (κ2) is 4.89. The smallest absolute Gasteiger partial charge is 0.187 e. The van der Waals surface area contributed by atoms with Gasteiger partial charge in [-0.05, 0) is 13.0 Å². The van der Waals surface area contributed by atoms with Gasteiger partial charge in [-0.3, -0.25) is 0 Å². The molecule has 0 amide bonds. The SMILES string of the molecule is Cc1cc(N)nc(CSc2ncccn2)n1. The first kappa shape index (κ1) is 10.8. The fourth-order valence-corrected chi connectivity index (χ4v) is 1.87. The summed E-state index contributed by atoms with van der Waals surface area (Å²) in [5, 5.41) is 0.714. The maximum absolute atomic E-state index is 5.64. The van der Waals surface area contributed by atoms with E-state index in [2.05, 4.69) is 19.9 Å². The molecule has 16 heavy (non-hydrogen) atoms. The van der Waals surface area contributed by atoms with Crippen LogP contribution in [0.2, 0.25) is 0 Å². The molecule has 0 bridgehead atoms. The summed E-state index contributed by atoms with van der Waals surface area (Å²) >= 11 is 1.49. The van der Waals surface area contributed by atoms with Gasteiger partial charge in [0.05, 0.1) is 5.75 Å². The van der Waals surface area contributed by atoms with Gasteiger partial charge in [-0.25, -0.2) is 19.9 Å². The monoisotopic (exact) mass is 233 g/mol. The van der Waals surface area contributed by atoms with Crippen molar-refractivity contribution in [2.45, 2.75) is 17.8 Å². The van der Waals surface area contributed by atoms with Gasteiger partial charge in [-0.15, -0.1) is 0 Å². The zero-order valence-corrected chi connectivity index (χ0v) is 9.61. The van der Waals surface area contributed by atoms with Gasteiger partial charge in [0.15, 0.2) is 5.16 Å². The quantitative estimate of drug-likeness (QED) is 0.638. The molecule has 0 saturated carbocycles. The van der Waals surface area contributed by atoms with Crippen molar-refractivity contribution in [3.63, 3.8) is 0 Å². The maximum atomic E-state index is 5.64. The fraction of sp³-hybridized carbons (Fsp3) is 0.200. The molecule has 0 atom stereocenters.